The Kier molecular flexibility index (Phi) is 50.9. The molecule has 0 aromatic rings. The molecule has 0 heterocycles. The van der Waals surface area contributed by atoms with Crippen molar-refractivity contribution < 1.29 is 28.6 Å². The monoisotopic (exact) mass is 907 g/mol. The first-order chi connectivity index (χ1) is 32.0. The third-order valence-corrected chi connectivity index (χ3v) is 11.7. The molecule has 0 aliphatic rings. The molecule has 374 valence electrons. The predicted molar refractivity (Wildman–Crippen MR) is 279 cm³/mol. The van der Waals surface area contributed by atoms with Gasteiger partial charge in [0, 0.05) is 19.3 Å². The van der Waals surface area contributed by atoms with Crippen molar-refractivity contribution in [3.63, 3.8) is 0 Å². The number of hydrogen-bond acceptors (Lipinski definition) is 6. The fourth-order valence-corrected chi connectivity index (χ4v) is 7.59. The molecule has 0 amide bonds. The maximum Gasteiger partial charge on any atom is 0.306 e. The first-order valence-corrected chi connectivity index (χ1v) is 27.4. The van der Waals surface area contributed by atoms with Crippen LogP contribution in [0.3, 0.4) is 0 Å². The van der Waals surface area contributed by atoms with Crippen molar-refractivity contribution in [2.45, 2.75) is 271 Å². The molecule has 0 aromatic heterocycles. The first kappa shape index (κ1) is 61.9. The number of hydrogen-bond donors (Lipinski definition) is 0. The molecule has 6 nitrogen and oxygen atoms in total. The number of carbonyl (C=O) groups excluding carboxylic acids is 3. The molecular formula is C59H102O6. The Hall–Kier alpha value is -3.15. The summed E-state index contributed by atoms with van der Waals surface area (Å²) in [4.78, 5) is 38.0. The summed E-state index contributed by atoms with van der Waals surface area (Å²) in [5.41, 5.74) is 0. The maximum atomic E-state index is 12.8. The van der Waals surface area contributed by atoms with Gasteiger partial charge in [0.1, 0.15) is 13.2 Å². The summed E-state index contributed by atoms with van der Waals surface area (Å²) in [6, 6.07) is 0. The second kappa shape index (κ2) is 53.5. The standard InChI is InChI=1S/C59H102O6/c1-4-7-10-13-16-19-22-25-28-29-32-34-37-40-43-46-49-52-58(61)64-55-56(65-59(62)53-50-47-44-41-38-35-31-27-24-21-18-15-12-9-6-3)54-63-57(60)51-48-45-42-39-36-33-30-26-23-20-17-14-11-8-5-2/h9,12,18,21,25,27-28,31-32,34,40,43,56H,4-8,10-11,13-17,19-20,22-24,26,29-30,33,35-39,41-42,44-55H2,1-3H3/b12-9-,21-18-,28-25-,31-27-,34-32-,43-40-/t56-/m0/s1. The number of ether oxygens (including phenoxy) is 3. The van der Waals surface area contributed by atoms with Crippen LogP contribution in [0.5, 0.6) is 0 Å². The lowest BCUT2D eigenvalue weighted by Gasteiger charge is -2.18. The molecule has 6 heteroatoms. The third kappa shape index (κ3) is 51.7. The normalized spacial score (nSPS) is 12.6. The van der Waals surface area contributed by atoms with Gasteiger partial charge in [-0.05, 0) is 83.5 Å². The lowest BCUT2D eigenvalue weighted by molar-refractivity contribution is -0.167. The summed E-state index contributed by atoms with van der Waals surface area (Å²) in [5.74, 6) is -0.962. The summed E-state index contributed by atoms with van der Waals surface area (Å²) in [6.45, 7) is 6.48. The molecule has 0 aliphatic heterocycles. The fraction of sp³-hybridized carbons (Fsp3) is 0.746. The van der Waals surface area contributed by atoms with Crippen LogP contribution in [0.2, 0.25) is 0 Å². The number of carbonyl (C=O) groups is 3. The highest BCUT2D eigenvalue weighted by molar-refractivity contribution is 5.71. The van der Waals surface area contributed by atoms with E-state index in [1.165, 1.54) is 122 Å². The van der Waals surface area contributed by atoms with Gasteiger partial charge >= 0.3 is 17.9 Å². The second-order valence-corrected chi connectivity index (χ2v) is 18.1. The van der Waals surface area contributed by atoms with E-state index < -0.39 is 6.10 Å². The second-order valence-electron chi connectivity index (χ2n) is 18.1. The van der Waals surface area contributed by atoms with Crippen molar-refractivity contribution in [1.29, 1.82) is 0 Å². The zero-order valence-corrected chi connectivity index (χ0v) is 42.7. The van der Waals surface area contributed by atoms with Crippen LogP contribution in [0, 0.1) is 0 Å². The van der Waals surface area contributed by atoms with Gasteiger partial charge in [-0.15, -0.1) is 0 Å². The van der Waals surface area contributed by atoms with E-state index >= 15 is 0 Å². The van der Waals surface area contributed by atoms with Crippen LogP contribution in [0.25, 0.3) is 0 Å². The predicted octanol–water partition coefficient (Wildman–Crippen LogP) is 18.2. The van der Waals surface area contributed by atoms with Gasteiger partial charge in [-0.25, -0.2) is 0 Å². The minimum atomic E-state index is -0.803. The molecule has 0 aliphatic carbocycles. The van der Waals surface area contributed by atoms with Gasteiger partial charge in [0.2, 0.25) is 0 Å². The van der Waals surface area contributed by atoms with E-state index in [4.69, 9.17) is 14.2 Å². The highest BCUT2D eigenvalue weighted by Gasteiger charge is 2.19. The maximum absolute atomic E-state index is 12.8. The topological polar surface area (TPSA) is 78.9 Å². The van der Waals surface area contributed by atoms with Crippen molar-refractivity contribution in [3.05, 3.63) is 72.9 Å². The van der Waals surface area contributed by atoms with Crippen molar-refractivity contribution in [2.24, 2.45) is 0 Å². The van der Waals surface area contributed by atoms with E-state index in [-0.39, 0.29) is 37.5 Å². The number of rotatable bonds is 49. The van der Waals surface area contributed by atoms with Crippen LogP contribution in [0.4, 0.5) is 0 Å². The largest absolute Gasteiger partial charge is 0.462 e. The molecule has 0 fully saturated rings. The molecule has 0 aromatic carbocycles. The number of unbranched alkanes of at least 4 members (excludes halogenated alkanes) is 26. The summed E-state index contributed by atoms with van der Waals surface area (Å²) in [6.07, 6.45) is 67.5. The minimum absolute atomic E-state index is 0.0963. The van der Waals surface area contributed by atoms with E-state index in [2.05, 4.69) is 93.7 Å². The van der Waals surface area contributed by atoms with Gasteiger partial charge in [-0.1, -0.05) is 235 Å². The minimum Gasteiger partial charge on any atom is -0.462 e. The molecule has 0 unspecified atom stereocenters. The van der Waals surface area contributed by atoms with E-state index in [0.717, 1.165) is 96.3 Å². The Morgan fingerprint density at radius 3 is 1.00 bits per heavy atom. The zero-order chi connectivity index (χ0) is 47.2. The molecule has 0 saturated heterocycles. The Bertz CT molecular complexity index is 1230. The van der Waals surface area contributed by atoms with E-state index in [0.29, 0.717) is 19.3 Å². The zero-order valence-electron chi connectivity index (χ0n) is 42.7. The molecule has 65 heavy (non-hydrogen) atoms. The summed E-state index contributed by atoms with van der Waals surface area (Å²) >= 11 is 0. The van der Waals surface area contributed by atoms with Crippen LogP contribution in [0.1, 0.15) is 265 Å². The first-order valence-electron chi connectivity index (χ1n) is 27.4. The van der Waals surface area contributed by atoms with Crippen LogP contribution < -0.4 is 0 Å². The Morgan fingerprint density at radius 1 is 0.323 bits per heavy atom. The summed E-state index contributed by atoms with van der Waals surface area (Å²) in [7, 11) is 0. The molecule has 0 radical (unpaired) electrons. The SMILES string of the molecule is CC/C=C\C/C=C\C/C=C\CCCCCCCC(=O)O[C@H](COC(=O)CCC/C=C\C/C=C\C/C=C\CCCCCCCC)COC(=O)CCCCCCCCCCCCCCCCC. The molecule has 0 N–H and O–H groups in total. The quantitative estimate of drug-likeness (QED) is 0.0262. The van der Waals surface area contributed by atoms with Gasteiger partial charge in [-0.3, -0.25) is 14.4 Å². The number of esters is 3. The average Bonchev–Trinajstić information content (AvgIpc) is 3.30. The van der Waals surface area contributed by atoms with Gasteiger partial charge in [0.15, 0.2) is 6.10 Å². The molecular weight excluding hydrogens is 805 g/mol. The summed E-state index contributed by atoms with van der Waals surface area (Å²) in [5, 5.41) is 0. The van der Waals surface area contributed by atoms with E-state index in [9.17, 15) is 14.4 Å². The van der Waals surface area contributed by atoms with Crippen molar-refractivity contribution in [1.82, 2.24) is 0 Å². The average molecular weight is 907 g/mol. The third-order valence-electron chi connectivity index (χ3n) is 11.7. The molecule has 0 saturated carbocycles. The van der Waals surface area contributed by atoms with Gasteiger partial charge in [0.25, 0.3) is 0 Å². The van der Waals surface area contributed by atoms with Crippen LogP contribution in [-0.2, 0) is 28.6 Å². The van der Waals surface area contributed by atoms with Crippen LogP contribution in [0.15, 0.2) is 72.9 Å². The van der Waals surface area contributed by atoms with Crippen molar-refractivity contribution >= 4 is 17.9 Å². The van der Waals surface area contributed by atoms with Gasteiger partial charge < -0.3 is 14.2 Å². The van der Waals surface area contributed by atoms with E-state index in [1.54, 1.807) is 0 Å². The lowest BCUT2D eigenvalue weighted by Crippen LogP contribution is -2.30. The molecule has 0 rings (SSSR count). The number of allylic oxidation sites excluding steroid dienone is 12. The van der Waals surface area contributed by atoms with E-state index in [1.807, 2.05) is 0 Å². The lowest BCUT2D eigenvalue weighted by atomic mass is 10.0. The smallest absolute Gasteiger partial charge is 0.306 e. The molecule has 0 bridgehead atoms. The fourth-order valence-electron chi connectivity index (χ4n) is 7.59. The van der Waals surface area contributed by atoms with Crippen LogP contribution >= 0.6 is 0 Å². The Morgan fingerprint density at radius 2 is 0.615 bits per heavy atom. The van der Waals surface area contributed by atoms with Gasteiger partial charge in [0.05, 0.1) is 0 Å². The van der Waals surface area contributed by atoms with Crippen molar-refractivity contribution in [2.75, 3.05) is 13.2 Å². The highest BCUT2D eigenvalue weighted by Crippen LogP contribution is 2.15. The Balaban J connectivity index is 4.47. The Labute approximate surface area is 402 Å². The summed E-state index contributed by atoms with van der Waals surface area (Å²) < 4.78 is 16.8. The van der Waals surface area contributed by atoms with Gasteiger partial charge in [-0.2, -0.15) is 0 Å². The molecule has 1 atom stereocenters. The molecule has 0 spiro atoms. The highest BCUT2D eigenvalue weighted by atomic mass is 16.6. The van der Waals surface area contributed by atoms with Crippen LogP contribution in [-0.4, -0.2) is 37.2 Å². The van der Waals surface area contributed by atoms with Crippen molar-refractivity contribution in [3.8, 4) is 0 Å².